The van der Waals surface area contributed by atoms with Crippen molar-refractivity contribution in [3.8, 4) is 5.75 Å². The molecule has 1 fully saturated rings. The van der Waals surface area contributed by atoms with E-state index in [1.165, 1.54) is 35.0 Å². The lowest BCUT2D eigenvalue weighted by Crippen LogP contribution is -2.28. The number of halogens is 2. The van der Waals surface area contributed by atoms with Crippen molar-refractivity contribution in [2.45, 2.75) is 32.4 Å². The Morgan fingerprint density at radius 2 is 1.97 bits per heavy atom. The lowest BCUT2D eigenvalue weighted by molar-refractivity contribution is 0.0943. The van der Waals surface area contributed by atoms with Crippen LogP contribution >= 0.6 is 34.5 Å². The van der Waals surface area contributed by atoms with Gasteiger partial charge in [-0.15, -0.1) is 0 Å². The largest absolute Gasteiger partial charge is 0.501 e. The summed E-state index contributed by atoms with van der Waals surface area (Å²) in [6.45, 7) is 2.95. The van der Waals surface area contributed by atoms with Crippen molar-refractivity contribution in [1.82, 2.24) is 19.6 Å². The number of nitrogens with one attached hydrogen (secondary N) is 1. The molecule has 1 aromatic carbocycles. The molecule has 2 aromatic heterocycles. The van der Waals surface area contributed by atoms with Gasteiger partial charge in [-0.2, -0.15) is 0 Å². The Balaban J connectivity index is 1.54. The summed E-state index contributed by atoms with van der Waals surface area (Å²) in [4.78, 5) is 33.1. The van der Waals surface area contributed by atoms with Crippen LogP contribution < -0.4 is 10.9 Å². The van der Waals surface area contributed by atoms with Crippen LogP contribution in [-0.2, 0) is 13.1 Å². The molecular weight excluding hydrogens is 447 g/mol. The maximum Gasteiger partial charge on any atom is 0.301 e. The lowest BCUT2D eigenvalue weighted by Gasteiger charge is -2.25. The van der Waals surface area contributed by atoms with Gasteiger partial charge < -0.3 is 10.4 Å². The van der Waals surface area contributed by atoms with E-state index in [1.54, 1.807) is 24.4 Å². The van der Waals surface area contributed by atoms with Crippen molar-refractivity contribution in [3.05, 3.63) is 60.9 Å². The fourth-order valence-electron chi connectivity index (χ4n) is 3.46. The average molecular weight is 467 g/mol. The fraction of sp³-hybridized carbons (Fsp3) is 0.350. The number of nitrogens with zero attached hydrogens (tertiary/aromatic N) is 3. The van der Waals surface area contributed by atoms with Gasteiger partial charge in [0, 0.05) is 24.2 Å². The van der Waals surface area contributed by atoms with E-state index in [-0.39, 0.29) is 12.2 Å². The molecule has 7 nitrogen and oxygen atoms in total. The molecule has 0 unspecified atom stereocenters. The SMILES string of the molecule is O=C(NCc1ccc(Cl)c(Cl)c1)c1nc2sc(CN3CCCCC3)cn2c(=O)c1O. The van der Waals surface area contributed by atoms with Gasteiger partial charge in [-0.25, -0.2) is 4.98 Å². The van der Waals surface area contributed by atoms with Gasteiger partial charge in [-0.05, 0) is 43.6 Å². The molecule has 0 radical (unpaired) electrons. The highest BCUT2D eigenvalue weighted by molar-refractivity contribution is 7.17. The van der Waals surface area contributed by atoms with Gasteiger partial charge in [-0.3, -0.25) is 18.9 Å². The first-order chi connectivity index (χ1) is 14.4. The number of carbonyl (C=O) groups is 1. The van der Waals surface area contributed by atoms with Crippen LogP contribution in [0.2, 0.25) is 10.0 Å². The molecule has 0 atom stereocenters. The van der Waals surface area contributed by atoms with E-state index in [2.05, 4.69) is 15.2 Å². The molecule has 1 aliphatic heterocycles. The van der Waals surface area contributed by atoms with Gasteiger partial charge in [0.1, 0.15) is 0 Å². The zero-order valence-electron chi connectivity index (χ0n) is 16.0. The van der Waals surface area contributed by atoms with Crippen LogP contribution in [-0.4, -0.2) is 38.4 Å². The number of amides is 1. The summed E-state index contributed by atoms with van der Waals surface area (Å²) in [6.07, 6.45) is 5.29. The number of thiazole rings is 1. The standard InChI is InChI=1S/C20H20Cl2N4O3S/c21-14-5-4-12(8-15(14)22)9-23-18(28)16-17(27)19(29)26-11-13(30-20(26)24-16)10-25-6-2-1-3-7-25/h4-5,8,11,27H,1-3,6-7,9-10H2,(H,23,28). The number of carbonyl (C=O) groups excluding carboxylic acids is 1. The molecule has 2 N–H and O–H groups in total. The zero-order chi connectivity index (χ0) is 21.3. The van der Waals surface area contributed by atoms with Crippen molar-refractivity contribution in [1.29, 1.82) is 0 Å². The number of piperidine rings is 1. The number of aromatic hydroxyl groups is 1. The smallest absolute Gasteiger partial charge is 0.301 e. The van der Waals surface area contributed by atoms with E-state index in [0.29, 0.717) is 15.0 Å². The summed E-state index contributed by atoms with van der Waals surface area (Å²) in [7, 11) is 0. The Morgan fingerprint density at radius 3 is 2.70 bits per heavy atom. The molecule has 0 aliphatic carbocycles. The van der Waals surface area contributed by atoms with Crippen LogP contribution in [0.5, 0.6) is 5.75 Å². The van der Waals surface area contributed by atoms with Gasteiger partial charge in [0.15, 0.2) is 10.7 Å². The molecule has 4 rings (SSSR count). The second kappa shape index (κ2) is 8.93. The summed E-state index contributed by atoms with van der Waals surface area (Å²) < 4.78 is 1.30. The zero-order valence-corrected chi connectivity index (χ0v) is 18.4. The molecule has 3 aromatic rings. The molecule has 3 heterocycles. The van der Waals surface area contributed by atoms with Gasteiger partial charge in [-0.1, -0.05) is 47.0 Å². The van der Waals surface area contributed by atoms with Crippen molar-refractivity contribution >= 4 is 45.4 Å². The van der Waals surface area contributed by atoms with Gasteiger partial charge in [0.2, 0.25) is 5.75 Å². The summed E-state index contributed by atoms with van der Waals surface area (Å²) in [5.74, 6) is -1.30. The molecule has 158 valence electrons. The second-order valence-corrected chi connectivity index (χ2v) is 9.14. The molecule has 0 saturated carbocycles. The van der Waals surface area contributed by atoms with Gasteiger partial charge in [0.25, 0.3) is 5.91 Å². The highest BCUT2D eigenvalue weighted by Gasteiger charge is 2.21. The third-order valence-corrected chi connectivity index (χ3v) is 6.74. The van der Waals surface area contributed by atoms with Crippen molar-refractivity contribution in [3.63, 3.8) is 0 Å². The number of aromatic nitrogens is 2. The molecule has 0 spiro atoms. The van der Waals surface area contributed by atoms with Crippen molar-refractivity contribution < 1.29 is 9.90 Å². The third-order valence-electron chi connectivity index (χ3n) is 5.03. The Kier molecular flexibility index (Phi) is 6.29. The first-order valence-electron chi connectivity index (χ1n) is 9.61. The van der Waals surface area contributed by atoms with E-state index < -0.39 is 17.2 Å². The van der Waals surface area contributed by atoms with Crippen LogP contribution in [0, 0.1) is 0 Å². The first kappa shape index (κ1) is 21.1. The quantitative estimate of drug-likeness (QED) is 0.598. The van der Waals surface area contributed by atoms with Crippen LogP contribution in [0.1, 0.15) is 40.2 Å². The number of rotatable bonds is 5. The van der Waals surface area contributed by atoms with E-state index in [4.69, 9.17) is 23.2 Å². The lowest BCUT2D eigenvalue weighted by atomic mass is 10.1. The molecule has 1 saturated heterocycles. The Bertz CT molecular complexity index is 1150. The van der Waals surface area contributed by atoms with Gasteiger partial charge in [0.05, 0.1) is 10.0 Å². The maximum absolute atomic E-state index is 12.6. The second-order valence-electron chi connectivity index (χ2n) is 7.23. The van der Waals surface area contributed by atoms with Crippen molar-refractivity contribution in [2.24, 2.45) is 0 Å². The summed E-state index contributed by atoms with van der Waals surface area (Å²) in [6, 6.07) is 5.00. The summed E-state index contributed by atoms with van der Waals surface area (Å²) >= 11 is 13.2. The minimum atomic E-state index is -0.665. The van der Waals surface area contributed by atoms with E-state index in [9.17, 15) is 14.7 Å². The Hall–Kier alpha value is -2.13. The average Bonchev–Trinajstić information content (AvgIpc) is 3.14. The molecular formula is C20H20Cl2N4O3S. The van der Waals surface area contributed by atoms with Crippen LogP contribution in [0.3, 0.4) is 0 Å². The number of hydrogen-bond donors (Lipinski definition) is 2. The number of benzene rings is 1. The molecule has 1 aliphatic rings. The van der Waals surface area contributed by atoms with Crippen LogP contribution in [0.25, 0.3) is 4.96 Å². The maximum atomic E-state index is 12.6. The summed E-state index contributed by atoms with van der Waals surface area (Å²) in [5, 5.41) is 13.7. The number of fused-ring (bicyclic) bond motifs is 1. The Morgan fingerprint density at radius 1 is 1.20 bits per heavy atom. The molecule has 0 bridgehead atoms. The van der Waals surface area contributed by atoms with E-state index in [1.807, 2.05) is 0 Å². The molecule has 30 heavy (non-hydrogen) atoms. The predicted octanol–water partition coefficient (Wildman–Crippen LogP) is 3.68. The first-order valence-corrected chi connectivity index (χ1v) is 11.2. The molecule has 1 amide bonds. The van der Waals surface area contributed by atoms with Gasteiger partial charge >= 0.3 is 5.56 Å². The minimum absolute atomic E-state index is 0.154. The highest BCUT2D eigenvalue weighted by Crippen LogP contribution is 2.23. The number of hydrogen-bond acceptors (Lipinski definition) is 6. The van der Waals surface area contributed by atoms with E-state index in [0.717, 1.165) is 30.1 Å². The number of likely N-dealkylation sites (tertiary alicyclic amines) is 1. The van der Waals surface area contributed by atoms with Crippen LogP contribution in [0.15, 0.2) is 29.2 Å². The topological polar surface area (TPSA) is 86.9 Å². The highest BCUT2D eigenvalue weighted by atomic mass is 35.5. The fourth-order valence-corrected chi connectivity index (χ4v) is 4.79. The summed E-state index contributed by atoms with van der Waals surface area (Å²) in [5.41, 5.74) is -0.206. The normalized spacial score (nSPS) is 14.9. The Labute approximate surface area is 186 Å². The predicted molar refractivity (Wildman–Crippen MR) is 118 cm³/mol. The van der Waals surface area contributed by atoms with Crippen molar-refractivity contribution in [2.75, 3.05) is 13.1 Å². The monoisotopic (exact) mass is 466 g/mol. The third kappa shape index (κ3) is 4.46. The van der Waals surface area contributed by atoms with E-state index >= 15 is 0 Å². The van der Waals surface area contributed by atoms with Crippen LogP contribution in [0.4, 0.5) is 0 Å². The minimum Gasteiger partial charge on any atom is -0.501 e. The molecule has 10 heteroatoms.